The standard InChI is InChI=1S/C43H43NS2.C34H28S2.3C2H6/c1-29-12-17-32(18-13-29)44(34-22-24-43(2,3)25-23-34)33-19-14-30(15-20-33)31-16-21-36-38-27-37-35-10-8-9-11-39(35)45(4,5)41(37)28-42(38)46(6,7)40(36)26-31;1-21-9-5-6-10-25(21)28-20-30-27-15-13-24(19-34(27)36(3,4)33(30)17-22(28)2)23-14-16-32-29(18-23)26-11-7-8-12-31(26)35-32;3*1-2/h8-24,26-28H,25H2,1-7H3;5-20H,1-4H3;3*1-2H3. The van der Waals surface area contributed by atoms with Crippen LogP contribution in [0.3, 0.4) is 0 Å². The van der Waals surface area contributed by atoms with E-state index >= 15 is 0 Å². The lowest BCUT2D eigenvalue weighted by molar-refractivity contribution is 0.481. The molecule has 3 aliphatic heterocycles. The Morgan fingerprint density at radius 1 is 0.364 bits per heavy atom. The molecule has 4 aliphatic rings. The smallest absolute Gasteiger partial charge is 0.0461 e. The lowest BCUT2D eigenvalue weighted by Crippen LogP contribution is -2.19. The lowest BCUT2D eigenvalue weighted by atomic mass is 9.85. The van der Waals surface area contributed by atoms with Gasteiger partial charge in [-0.15, -0.1) is 11.3 Å². The molecule has 4 heterocycles. The van der Waals surface area contributed by atoms with Gasteiger partial charge in [-0.25, -0.2) is 0 Å². The molecule has 0 unspecified atom stereocenters. The number of nitrogens with zero attached hydrogens (tertiary/aromatic N) is 1. The molecule has 0 saturated heterocycles. The number of aryl methyl sites for hydroxylation is 3. The molecule has 0 saturated carbocycles. The second-order valence-electron chi connectivity index (χ2n) is 24.9. The number of hydrogen-bond donors (Lipinski definition) is 0. The first-order chi connectivity index (χ1) is 42.4. The van der Waals surface area contributed by atoms with Crippen molar-refractivity contribution in [1.29, 1.82) is 0 Å². The van der Waals surface area contributed by atoms with E-state index in [0.29, 0.717) is 0 Å². The highest BCUT2D eigenvalue weighted by atomic mass is 32.3. The van der Waals surface area contributed by atoms with Crippen LogP contribution in [-0.2, 0) is 0 Å². The maximum absolute atomic E-state index is 2.60. The van der Waals surface area contributed by atoms with Gasteiger partial charge in [0, 0.05) is 66.6 Å². The van der Waals surface area contributed by atoms with Gasteiger partial charge < -0.3 is 4.90 Å². The normalized spacial score (nSPS) is 16.1. The highest BCUT2D eigenvalue weighted by molar-refractivity contribution is 8.34. The van der Waals surface area contributed by atoms with E-state index in [1.54, 1.807) is 9.79 Å². The first-order valence-corrected chi connectivity index (χ1v) is 39.8. The van der Waals surface area contributed by atoms with Crippen molar-refractivity contribution in [2.75, 3.05) is 42.4 Å². The minimum atomic E-state index is -1.15. The van der Waals surface area contributed by atoms with Crippen molar-refractivity contribution in [3.8, 4) is 66.8 Å². The Hall–Kier alpha value is -7.25. The Balaban J connectivity index is 0.000000172. The van der Waals surface area contributed by atoms with Gasteiger partial charge in [0.05, 0.1) is 0 Å². The molecular formula is C83H89NS4. The topological polar surface area (TPSA) is 3.24 Å². The number of thiophene rings is 1. The van der Waals surface area contributed by atoms with Gasteiger partial charge in [-0.2, -0.15) is 30.1 Å². The number of fused-ring (bicyclic) bond motifs is 12. The fraction of sp³-hybridized carbons (Fsp3) is 0.229. The zero-order valence-electron chi connectivity index (χ0n) is 55.1. The van der Waals surface area contributed by atoms with Crippen LogP contribution in [0, 0.1) is 26.2 Å². The molecule has 1 nitrogen and oxygen atoms in total. The van der Waals surface area contributed by atoms with Crippen LogP contribution in [0.15, 0.2) is 253 Å². The Kier molecular flexibility index (Phi) is 17.4. The van der Waals surface area contributed by atoms with Gasteiger partial charge in [-0.3, -0.25) is 0 Å². The summed E-state index contributed by atoms with van der Waals surface area (Å²) in [6, 6.07) is 76.0. The van der Waals surface area contributed by atoms with E-state index in [-0.39, 0.29) is 5.41 Å². The van der Waals surface area contributed by atoms with Gasteiger partial charge >= 0.3 is 0 Å². The fourth-order valence-electron chi connectivity index (χ4n) is 13.3. The van der Waals surface area contributed by atoms with Crippen molar-refractivity contribution in [2.45, 2.75) is 112 Å². The largest absolute Gasteiger partial charge is 0.311 e. The molecule has 10 aromatic carbocycles. The minimum absolute atomic E-state index is 0.192. The van der Waals surface area contributed by atoms with E-state index in [1.165, 1.54) is 140 Å². The summed E-state index contributed by atoms with van der Waals surface area (Å²) in [5.74, 6) is 0. The van der Waals surface area contributed by atoms with Crippen LogP contribution in [-0.4, -0.2) is 37.5 Å². The molecule has 11 aromatic rings. The molecule has 450 valence electrons. The van der Waals surface area contributed by atoms with E-state index in [9.17, 15) is 0 Å². The van der Waals surface area contributed by atoms with E-state index < -0.39 is 30.1 Å². The maximum Gasteiger partial charge on any atom is 0.0461 e. The van der Waals surface area contributed by atoms with Gasteiger partial charge in [0.15, 0.2) is 0 Å². The van der Waals surface area contributed by atoms with Crippen LogP contribution in [0.1, 0.15) is 78.5 Å². The maximum atomic E-state index is 2.60. The van der Waals surface area contributed by atoms with Crippen LogP contribution in [0.2, 0.25) is 0 Å². The molecule has 15 rings (SSSR count). The van der Waals surface area contributed by atoms with Crippen molar-refractivity contribution in [1.82, 2.24) is 0 Å². The molecule has 0 radical (unpaired) electrons. The Bertz CT molecular complexity index is 4500. The van der Waals surface area contributed by atoms with E-state index in [0.717, 1.165) is 6.42 Å². The van der Waals surface area contributed by atoms with Crippen LogP contribution < -0.4 is 4.90 Å². The van der Waals surface area contributed by atoms with Crippen LogP contribution in [0.25, 0.3) is 86.9 Å². The average Bonchev–Trinajstić information content (AvgIpc) is 1.61. The monoisotopic (exact) mass is 1230 g/mol. The van der Waals surface area contributed by atoms with Crippen molar-refractivity contribution >= 4 is 73.0 Å². The summed E-state index contributed by atoms with van der Waals surface area (Å²) < 4.78 is 2.72. The summed E-state index contributed by atoms with van der Waals surface area (Å²) in [5, 5.41) is 2.72. The minimum Gasteiger partial charge on any atom is -0.311 e. The summed E-state index contributed by atoms with van der Waals surface area (Å²) in [7, 11) is -3.26. The third kappa shape index (κ3) is 10.9. The van der Waals surface area contributed by atoms with Crippen molar-refractivity contribution in [2.24, 2.45) is 5.41 Å². The average molecular weight is 1230 g/mol. The molecule has 0 fully saturated rings. The Morgan fingerprint density at radius 3 is 1.42 bits per heavy atom. The molecule has 0 atom stereocenters. The second-order valence-corrected chi connectivity index (χ2v) is 36.6. The van der Waals surface area contributed by atoms with Gasteiger partial charge in [0.1, 0.15) is 0 Å². The van der Waals surface area contributed by atoms with Gasteiger partial charge in [0.2, 0.25) is 0 Å². The molecule has 0 spiro atoms. The first kappa shape index (κ1) is 62.4. The molecule has 5 heteroatoms. The predicted molar refractivity (Wildman–Crippen MR) is 399 cm³/mol. The molecule has 0 bridgehead atoms. The highest BCUT2D eigenvalue weighted by Gasteiger charge is 2.39. The van der Waals surface area contributed by atoms with Crippen LogP contribution in [0.5, 0.6) is 0 Å². The number of rotatable bonds is 6. The van der Waals surface area contributed by atoms with Gasteiger partial charge in [-0.1, -0.05) is 188 Å². The molecule has 88 heavy (non-hydrogen) atoms. The van der Waals surface area contributed by atoms with Gasteiger partial charge in [-0.05, 0) is 239 Å². The number of hydrogen-bond acceptors (Lipinski definition) is 2. The molecule has 0 N–H and O–H groups in total. The molecule has 0 amide bonds. The van der Waals surface area contributed by atoms with Crippen LogP contribution >= 0.6 is 41.4 Å². The summed E-state index contributed by atoms with van der Waals surface area (Å²) in [6.07, 6.45) is 22.9. The van der Waals surface area contributed by atoms with Gasteiger partial charge in [0.25, 0.3) is 0 Å². The highest BCUT2D eigenvalue weighted by Crippen LogP contribution is 2.74. The van der Waals surface area contributed by atoms with Crippen molar-refractivity contribution < 1.29 is 0 Å². The van der Waals surface area contributed by atoms with Crippen molar-refractivity contribution in [3.05, 3.63) is 241 Å². The summed E-state index contributed by atoms with van der Waals surface area (Å²) in [5.41, 5.74) is 24.2. The SMILES string of the molecule is CC.CC.CC.Cc1ccc(N(C2=CCC(C)(C)C=C2)c2ccc(-c3ccc4c(c3)S(C)(C)c3cc5c(cc3-4)-c3ccccc3S5(C)C)cc2)cc1.Cc1ccccc1-c1cc2c(cc1C)S(C)(C)c1cc(-c3ccc4sc5ccccc5c4c3)ccc1-2. The Morgan fingerprint density at radius 2 is 0.818 bits per heavy atom. The Labute approximate surface area is 536 Å². The zero-order chi connectivity index (χ0) is 62.6. The van der Waals surface area contributed by atoms with E-state index in [1.807, 2.05) is 52.9 Å². The summed E-state index contributed by atoms with van der Waals surface area (Å²) in [4.78, 5) is 11.6. The quantitative estimate of drug-likeness (QED) is 0.160. The predicted octanol–water partition coefficient (Wildman–Crippen LogP) is 26.1. The number of anilines is 2. The third-order valence-electron chi connectivity index (χ3n) is 18.1. The third-order valence-corrected chi connectivity index (χ3v) is 27.9. The lowest BCUT2D eigenvalue weighted by Gasteiger charge is -2.32. The van der Waals surface area contributed by atoms with Crippen LogP contribution in [0.4, 0.5) is 11.4 Å². The van der Waals surface area contributed by atoms with E-state index in [2.05, 4.69) is 295 Å². The summed E-state index contributed by atoms with van der Waals surface area (Å²) in [6.45, 7) is 23.2. The zero-order valence-corrected chi connectivity index (χ0v) is 58.3. The van der Waals surface area contributed by atoms with Crippen molar-refractivity contribution in [3.63, 3.8) is 0 Å². The molecule has 1 aromatic heterocycles. The fourth-order valence-corrected chi connectivity index (χ4v) is 22.1. The summed E-state index contributed by atoms with van der Waals surface area (Å²) >= 11 is 1.88. The first-order valence-electron chi connectivity index (χ1n) is 31.6. The number of benzene rings is 10. The number of allylic oxidation sites excluding steroid dienone is 3. The van der Waals surface area contributed by atoms with E-state index in [4.69, 9.17) is 0 Å². The second kappa shape index (κ2) is 24.6. The molecular weight excluding hydrogens is 1140 g/mol. The molecule has 1 aliphatic carbocycles.